The maximum absolute atomic E-state index is 12.0. The van der Waals surface area contributed by atoms with Crippen molar-refractivity contribution in [3.05, 3.63) is 34.9 Å². The molecule has 110 valence electrons. The Labute approximate surface area is 125 Å². The molecule has 0 spiro atoms. The maximum atomic E-state index is 12.0. The van der Waals surface area contributed by atoms with Gasteiger partial charge in [0.15, 0.2) is 0 Å². The zero-order valence-corrected chi connectivity index (χ0v) is 13.1. The van der Waals surface area contributed by atoms with Crippen molar-refractivity contribution >= 4 is 23.4 Å². The van der Waals surface area contributed by atoms with E-state index >= 15 is 0 Å². The Morgan fingerprint density at radius 1 is 1.25 bits per heavy atom. The summed E-state index contributed by atoms with van der Waals surface area (Å²) in [6, 6.07) is 6.88. The van der Waals surface area contributed by atoms with Crippen LogP contribution in [0.2, 0.25) is 5.02 Å². The van der Waals surface area contributed by atoms with Gasteiger partial charge in [0.2, 0.25) is 5.91 Å². The number of rotatable bonds is 4. The summed E-state index contributed by atoms with van der Waals surface area (Å²) in [7, 11) is 0. The van der Waals surface area contributed by atoms with Crippen LogP contribution < -0.4 is 5.32 Å². The molecule has 5 heteroatoms. The largest absolute Gasteiger partial charge is 0.350 e. The minimum atomic E-state index is -0.263. The van der Waals surface area contributed by atoms with Gasteiger partial charge in [0.1, 0.15) is 0 Å². The van der Waals surface area contributed by atoms with Gasteiger partial charge in [-0.3, -0.25) is 9.59 Å². The van der Waals surface area contributed by atoms with E-state index in [2.05, 4.69) is 5.32 Å². The quantitative estimate of drug-likeness (QED) is 0.929. The van der Waals surface area contributed by atoms with Crippen LogP contribution in [0, 0.1) is 0 Å². The summed E-state index contributed by atoms with van der Waals surface area (Å²) in [5.74, 6) is -0.238. The Balaban J connectivity index is 2.58. The van der Waals surface area contributed by atoms with Crippen LogP contribution in [0.25, 0.3) is 0 Å². The van der Waals surface area contributed by atoms with E-state index in [0.717, 1.165) is 0 Å². The molecule has 0 atom stereocenters. The molecule has 0 unspecified atom stereocenters. The van der Waals surface area contributed by atoms with E-state index in [1.165, 1.54) is 6.92 Å². The van der Waals surface area contributed by atoms with Crippen molar-refractivity contribution < 1.29 is 9.59 Å². The highest BCUT2D eigenvalue weighted by Gasteiger charge is 2.23. The number of nitrogens with one attached hydrogen (secondary N) is 1. The lowest BCUT2D eigenvalue weighted by Crippen LogP contribution is -2.48. The first kappa shape index (κ1) is 16.5. The van der Waals surface area contributed by atoms with Crippen molar-refractivity contribution in [1.82, 2.24) is 10.2 Å². The molecular weight excluding hydrogens is 276 g/mol. The molecule has 0 saturated heterocycles. The molecule has 0 fully saturated rings. The SMILES string of the molecule is CC(=O)N(CCNC(=O)c1ccccc1Cl)C(C)(C)C. The normalized spacial score (nSPS) is 11.1. The summed E-state index contributed by atoms with van der Waals surface area (Å²) >= 11 is 5.96. The Bertz CT molecular complexity index is 495. The lowest BCUT2D eigenvalue weighted by molar-refractivity contribution is -0.133. The zero-order valence-electron chi connectivity index (χ0n) is 12.4. The summed E-state index contributed by atoms with van der Waals surface area (Å²) in [5, 5.41) is 3.20. The highest BCUT2D eigenvalue weighted by atomic mass is 35.5. The minimum Gasteiger partial charge on any atom is -0.350 e. The summed E-state index contributed by atoms with van der Waals surface area (Å²) in [4.78, 5) is 25.3. The molecule has 2 amide bonds. The first-order valence-electron chi connectivity index (χ1n) is 6.54. The monoisotopic (exact) mass is 296 g/mol. The summed E-state index contributed by atoms with van der Waals surface area (Å²) in [6.07, 6.45) is 0. The highest BCUT2D eigenvalue weighted by molar-refractivity contribution is 6.33. The van der Waals surface area contributed by atoms with Gasteiger partial charge in [0.05, 0.1) is 10.6 Å². The molecule has 0 aliphatic carbocycles. The molecule has 1 aromatic carbocycles. The molecule has 0 saturated carbocycles. The van der Waals surface area contributed by atoms with Crippen LogP contribution in [0.4, 0.5) is 0 Å². The number of carbonyl (C=O) groups is 2. The predicted octanol–water partition coefficient (Wildman–Crippen LogP) is 2.72. The number of halogens is 1. The van der Waals surface area contributed by atoms with Gasteiger partial charge in [-0.15, -0.1) is 0 Å². The molecule has 0 radical (unpaired) electrons. The maximum Gasteiger partial charge on any atom is 0.252 e. The van der Waals surface area contributed by atoms with E-state index in [0.29, 0.717) is 23.7 Å². The Kier molecular flexibility index (Phi) is 5.57. The molecule has 4 nitrogen and oxygen atoms in total. The Hall–Kier alpha value is -1.55. The van der Waals surface area contributed by atoms with E-state index < -0.39 is 0 Å². The van der Waals surface area contributed by atoms with Crippen molar-refractivity contribution in [3.8, 4) is 0 Å². The second-order valence-corrected chi connectivity index (χ2v) is 5.98. The number of amides is 2. The molecule has 20 heavy (non-hydrogen) atoms. The van der Waals surface area contributed by atoms with Crippen molar-refractivity contribution in [1.29, 1.82) is 0 Å². The molecule has 0 aliphatic rings. The van der Waals surface area contributed by atoms with Crippen molar-refractivity contribution in [3.63, 3.8) is 0 Å². The van der Waals surface area contributed by atoms with E-state index in [4.69, 9.17) is 11.6 Å². The second kappa shape index (κ2) is 6.75. The lowest BCUT2D eigenvalue weighted by atomic mass is 10.1. The van der Waals surface area contributed by atoms with E-state index in [9.17, 15) is 9.59 Å². The van der Waals surface area contributed by atoms with Crippen molar-refractivity contribution in [2.45, 2.75) is 33.2 Å². The Morgan fingerprint density at radius 2 is 1.85 bits per heavy atom. The van der Waals surface area contributed by atoms with Gasteiger partial charge in [-0.1, -0.05) is 23.7 Å². The second-order valence-electron chi connectivity index (χ2n) is 5.58. The number of benzene rings is 1. The molecule has 0 aliphatic heterocycles. The van der Waals surface area contributed by atoms with Gasteiger partial charge >= 0.3 is 0 Å². The predicted molar refractivity (Wildman–Crippen MR) is 80.9 cm³/mol. The highest BCUT2D eigenvalue weighted by Crippen LogP contribution is 2.15. The third-order valence-corrected chi connectivity index (χ3v) is 3.26. The average Bonchev–Trinajstić information content (AvgIpc) is 2.32. The fourth-order valence-corrected chi connectivity index (χ4v) is 2.21. The number of hydrogen-bond acceptors (Lipinski definition) is 2. The zero-order chi connectivity index (χ0) is 15.3. The summed E-state index contributed by atoms with van der Waals surface area (Å²) < 4.78 is 0. The van der Waals surface area contributed by atoms with Crippen LogP contribution in [-0.2, 0) is 4.79 Å². The molecule has 1 aromatic rings. The van der Waals surface area contributed by atoms with Crippen molar-refractivity contribution in [2.24, 2.45) is 0 Å². The van der Waals surface area contributed by atoms with E-state index in [1.807, 2.05) is 20.8 Å². The van der Waals surface area contributed by atoms with Crippen molar-refractivity contribution in [2.75, 3.05) is 13.1 Å². The molecular formula is C15H21ClN2O2. The van der Waals surface area contributed by atoms with Crippen LogP contribution >= 0.6 is 11.6 Å². The smallest absolute Gasteiger partial charge is 0.252 e. The standard InChI is InChI=1S/C15H21ClN2O2/c1-11(19)18(15(2,3)4)10-9-17-14(20)12-7-5-6-8-13(12)16/h5-8H,9-10H2,1-4H3,(H,17,20). The van der Waals surface area contributed by atoms with Crippen LogP contribution in [0.1, 0.15) is 38.1 Å². The van der Waals surface area contributed by atoms with Gasteiger partial charge < -0.3 is 10.2 Å². The topological polar surface area (TPSA) is 49.4 Å². The van der Waals surface area contributed by atoms with Crippen LogP contribution in [-0.4, -0.2) is 35.3 Å². The fourth-order valence-electron chi connectivity index (χ4n) is 1.99. The molecule has 0 heterocycles. The summed E-state index contributed by atoms with van der Waals surface area (Å²) in [6.45, 7) is 8.27. The number of hydrogen-bond donors (Lipinski definition) is 1. The number of carbonyl (C=O) groups excluding carboxylic acids is 2. The van der Waals surface area contributed by atoms with Crippen LogP contribution in [0.15, 0.2) is 24.3 Å². The summed E-state index contributed by atoms with van der Waals surface area (Å²) in [5.41, 5.74) is 0.181. The molecule has 1 N–H and O–H groups in total. The first-order valence-corrected chi connectivity index (χ1v) is 6.92. The van der Waals surface area contributed by atoms with Crippen LogP contribution in [0.5, 0.6) is 0 Å². The van der Waals surface area contributed by atoms with E-state index in [1.54, 1.807) is 29.2 Å². The van der Waals surface area contributed by atoms with Gasteiger partial charge in [-0.2, -0.15) is 0 Å². The van der Waals surface area contributed by atoms with Gasteiger partial charge in [0, 0.05) is 25.6 Å². The third-order valence-electron chi connectivity index (χ3n) is 2.93. The first-order chi connectivity index (χ1) is 9.23. The lowest BCUT2D eigenvalue weighted by Gasteiger charge is -2.35. The molecule has 0 bridgehead atoms. The average molecular weight is 297 g/mol. The van der Waals surface area contributed by atoms with Gasteiger partial charge in [0.25, 0.3) is 5.91 Å². The number of nitrogens with zero attached hydrogens (tertiary/aromatic N) is 1. The van der Waals surface area contributed by atoms with Gasteiger partial charge in [-0.25, -0.2) is 0 Å². The fraction of sp³-hybridized carbons (Fsp3) is 0.467. The minimum absolute atomic E-state index is 0.00973. The Morgan fingerprint density at radius 3 is 2.35 bits per heavy atom. The van der Waals surface area contributed by atoms with E-state index in [-0.39, 0.29) is 17.4 Å². The van der Waals surface area contributed by atoms with Gasteiger partial charge in [-0.05, 0) is 32.9 Å². The molecule has 1 rings (SSSR count). The van der Waals surface area contributed by atoms with Crippen LogP contribution in [0.3, 0.4) is 0 Å². The molecule has 0 aromatic heterocycles. The third kappa shape index (κ3) is 4.53.